The van der Waals surface area contributed by atoms with Crippen molar-refractivity contribution in [2.75, 3.05) is 6.26 Å². The van der Waals surface area contributed by atoms with E-state index in [-0.39, 0.29) is 34.5 Å². The van der Waals surface area contributed by atoms with E-state index >= 15 is 4.39 Å². The van der Waals surface area contributed by atoms with Crippen molar-refractivity contribution in [3.05, 3.63) is 12.4 Å². The Bertz CT molecular complexity index is 1040. The molecule has 4 fully saturated rings. The summed E-state index contributed by atoms with van der Waals surface area (Å²) in [6.45, 7) is 4.17. The number of aliphatic hydroxyl groups is 1. The van der Waals surface area contributed by atoms with Gasteiger partial charge in [-0.15, -0.1) is 0 Å². The minimum atomic E-state index is -3.35. The Morgan fingerprint density at radius 3 is 2.55 bits per heavy atom. The molecule has 8 heteroatoms. The highest BCUT2D eigenvalue weighted by atomic mass is 32.2. The summed E-state index contributed by atoms with van der Waals surface area (Å²) in [7, 11) is -3.35. The summed E-state index contributed by atoms with van der Waals surface area (Å²) in [6, 6.07) is 0. The average Bonchev–Trinajstić information content (AvgIpc) is 3.32. The van der Waals surface area contributed by atoms with Gasteiger partial charge in [-0.1, -0.05) is 6.92 Å². The van der Waals surface area contributed by atoms with Crippen molar-refractivity contribution in [3.63, 3.8) is 0 Å². The Balaban J connectivity index is 1.32. The van der Waals surface area contributed by atoms with E-state index in [2.05, 4.69) is 12.0 Å². The largest absolute Gasteiger partial charge is 0.390 e. The molecular formula is C25H37FN2O4S. The quantitative estimate of drug-likeness (QED) is 0.708. The van der Waals surface area contributed by atoms with Crippen molar-refractivity contribution in [3.8, 4) is 0 Å². The second-order valence-electron chi connectivity index (χ2n) is 12.0. The highest BCUT2D eigenvalue weighted by Crippen LogP contribution is 2.65. The zero-order chi connectivity index (χ0) is 23.8. The van der Waals surface area contributed by atoms with Crippen molar-refractivity contribution in [1.82, 2.24) is 9.78 Å². The molecule has 2 unspecified atom stereocenters. The zero-order valence-corrected chi connectivity index (χ0v) is 20.7. The number of ketones is 1. The SMILES string of the molecule is C[C@@]1(O)CCC2[C@H]3CC[C@]4(C)[C@@H](C(=O)Cn5cc(S(C)(=O)=O)cn5)CC[C@H]4C3C[C@@H](F)[C@H]2C1. The van der Waals surface area contributed by atoms with Gasteiger partial charge in [0.05, 0.1) is 18.3 Å². The summed E-state index contributed by atoms with van der Waals surface area (Å²) in [5.74, 6) is 1.55. The van der Waals surface area contributed by atoms with Gasteiger partial charge in [-0.25, -0.2) is 12.8 Å². The first kappa shape index (κ1) is 23.5. The van der Waals surface area contributed by atoms with Gasteiger partial charge in [0.15, 0.2) is 15.6 Å². The number of hydrogen-bond acceptors (Lipinski definition) is 5. The maximum atomic E-state index is 15.4. The molecule has 0 bridgehead atoms. The van der Waals surface area contributed by atoms with Crippen LogP contribution < -0.4 is 0 Å². The fourth-order valence-corrected chi connectivity index (χ4v) is 8.98. The molecule has 0 aromatic carbocycles. The lowest BCUT2D eigenvalue weighted by atomic mass is 9.48. The Labute approximate surface area is 196 Å². The molecule has 0 aliphatic heterocycles. The van der Waals surface area contributed by atoms with Crippen molar-refractivity contribution in [2.24, 2.45) is 40.9 Å². The third-order valence-electron chi connectivity index (χ3n) is 9.99. The molecule has 6 nitrogen and oxygen atoms in total. The summed E-state index contributed by atoms with van der Waals surface area (Å²) < 4.78 is 40.3. The van der Waals surface area contributed by atoms with Crippen LogP contribution in [-0.4, -0.2) is 47.1 Å². The van der Waals surface area contributed by atoms with Crippen LogP contribution in [0, 0.1) is 40.9 Å². The number of alkyl halides is 1. The lowest BCUT2D eigenvalue weighted by molar-refractivity contribution is -0.139. The molecule has 4 aliphatic rings. The van der Waals surface area contributed by atoms with E-state index in [0.29, 0.717) is 36.5 Å². The summed E-state index contributed by atoms with van der Waals surface area (Å²) in [4.78, 5) is 13.5. The monoisotopic (exact) mass is 480 g/mol. The molecule has 33 heavy (non-hydrogen) atoms. The third kappa shape index (κ3) is 3.99. The number of aromatic nitrogens is 2. The standard InChI is InChI=1S/C25H37FN2O4S/c1-24(30)8-6-17-16-7-9-25(2)20(18(16)10-22(26)19(17)11-24)4-5-21(25)23(29)14-28-13-15(12-27-28)33(3,31)32/h12-13,16-22,30H,4-11,14H2,1-3H3/t16-,17?,18?,19+,20+,21-,22-,24-,25+/m1/s1. The zero-order valence-electron chi connectivity index (χ0n) is 19.9. The molecule has 1 N–H and O–H groups in total. The topological polar surface area (TPSA) is 89.3 Å². The van der Waals surface area contributed by atoms with Crippen LogP contribution in [0.4, 0.5) is 4.39 Å². The first-order chi connectivity index (χ1) is 15.4. The second-order valence-corrected chi connectivity index (χ2v) is 14.1. The lowest BCUT2D eigenvalue weighted by Crippen LogP contribution is -2.54. The number of carbonyl (C=O) groups is 1. The average molecular weight is 481 g/mol. The predicted molar refractivity (Wildman–Crippen MR) is 122 cm³/mol. The Morgan fingerprint density at radius 2 is 1.85 bits per heavy atom. The smallest absolute Gasteiger partial charge is 0.178 e. The number of carbonyl (C=O) groups excluding carboxylic acids is 1. The van der Waals surface area contributed by atoms with E-state index in [0.717, 1.165) is 44.8 Å². The maximum Gasteiger partial charge on any atom is 0.178 e. The normalized spacial score (nSPS) is 45.2. The van der Waals surface area contributed by atoms with Crippen LogP contribution in [0.3, 0.4) is 0 Å². The molecule has 1 aromatic heterocycles. The van der Waals surface area contributed by atoms with E-state index in [1.807, 2.05) is 6.92 Å². The summed E-state index contributed by atoms with van der Waals surface area (Å²) in [6.07, 6.45) is 9.63. The molecule has 1 heterocycles. The molecule has 4 aliphatic carbocycles. The Hall–Kier alpha value is -1.28. The van der Waals surface area contributed by atoms with Crippen LogP contribution >= 0.6 is 0 Å². The number of rotatable bonds is 4. The van der Waals surface area contributed by atoms with Crippen LogP contribution in [0.5, 0.6) is 0 Å². The fraction of sp³-hybridized carbons (Fsp3) is 0.840. The number of hydrogen-bond donors (Lipinski definition) is 1. The molecule has 0 saturated heterocycles. The molecule has 9 atom stereocenters. The number of fused-ring (bicyclic) bond motifs is 5. The first-order valence-electron chi connectivity index (χ1n) is 12.5. The van der Waals surface area contributed by atoms with E-state index < -0.39 is 21.6 Å². The summed E-state index contributed by atoms with van der Waals surface area (Å²) >= 11 is 0. The highest BCUT2D eigenvalue weighted by molar-refractivity contribution is 7.90. The van der Waals surface area contributed by atoms with Crippen molar-refractivity contribution < 1.29 is 22.7 Å². The van der Waals surface area contributed by atoms with Crippen LogP contribution in [0.2, 0.25) is 0 Å². The maximum absolute atomic E-state index is 15.4. The van der Waals surface area contributed by atoms with Gasteiger partial charge in [-0.2, -0.15) is 5.10 Å². The van der Waals surface area contributed by atoms with Crippen LogP contribution in [-0.2, 0) is 21.2 Å². The fourth-order valence-electron chi connectivity index (χ4n) is 8.42. The van der Waals surface area contributed by atoms with Gasteiger partial charge in [0, 0.05) is 18.4 Å². The van der Waals surface area contributed by atoms with Crippen molar-refractivity contribution in [1.29, 1.82) is 0 Å². The number of nitrogens with zero attached hydrogens (tertiary/aromatic N) is 2. The van der Waals surface area contributed by atoms with E-state index in [4.69, 9.17) is 0 Å². The molecule has 184 valence electrons. The number of Topliss-reactive ketones (excluding diaryl/α,β-unsaturated/α-hetero) is 1. The van der Waals surface area contributed by atoms with Crippen LogP contribution in [0.15, 0.2) is 17.3 Å². The van der Waals surface area contributed by atoms with Gasteiger partial charge >= 0.3 is 0 Å². The summed E-state index contributed by atoms with van der Waals surface area (Å²) in [5, 5.41) is 14.6. The molecule has 1 aromatic rings. The van der Waals surface area contributed by atoms with E-state index in [9.17, 15) is 18.3 Å². The molecule has 0 radical (unpaired) electrons. The van der Waals surface area contributed by atoms with Gasteiger partial charge < -0.3 is 5.11 Å². The van der Waals surface area contributed by atoms with Crippen LogP contribution in [0.1, 0.15) is 65.2 Å². The Morgan fingerprint density at radius 1 is 1.15 bits per heavy atom. The lowest BCUT2D eigenvalue weighted by Gasteiger charge is -2.57. The minimum absolute atomic E-state index is 0.0259. The molecule has 4 saturated carbocycles. The minimum Gasteiger partial charge on any atom is -0.390 e. The van der Waals surface area contributed by atoms with E-state index in [1.54, 1.807) is 0 Å². The molecule has 0 spiro atoms. The van der Waals surface area contributed by atoms with Gasteiger partial charge in [0.2, 0.25) is 0 Å². The molecule has 0 amide bonds. The van der Waals surface area contributed by atoms with Gasteiger partial charge in [-0.3, -0.25) is 9.48 Å². The van der Waals surface area contributed by atoms with E-state index in [1.165, 1.54) is 17.1 Å². The van der Waals surface area contributed by atoms with Gasteiger partial charge in [-0.05, 0) is 93.3 Å². The second kappa shape index (κ2) is 7.87. The summed E-state index contributed by atoms with van der Waals surface area (Å²) in [5.41, 5.74) is -0.867. The Kier molecular flexibility index (Phi) is 5.59. The molecule has 5 rings (SSSR count). The van der Waals surface area contributed by atoms with Crippen molar-refractivity contribution >= 4 is 15.6 Å². The van der Waals surface area contributed by atoms with Crippen LogP contribution in [0.25, 0.3) is 0 Å². The van der Waals surface area contributed by atoms with Gasteiger partial charge in [0.1, 0.15) is 11.1 Å². The highest BCUT2D eigenvalue weighted by Gasteiger charge is 2.60. The molecular weight excluding hydrogens is 443 g/mol. The van der Waals surface area contributed by atoms with Crippen molar-refractivity contribution in [2.45, 2.75) is 88.4 Å². The number of sulfone groups is 1. The first-order valence-corrected chi connectivity index (χ1v) is 14.4. The van der Waals surface area contributed by atoms with Gasteiger partial charge in [0.25, 0.3) is 0 Å². The third-order valence-corrected chi connectivity index (χ3v) is 11.1. The number of halogens is 1. The predicted octanol–water partition coefficient (Wildman–Crippen LogP) is 3.82.